The first kappa shape index (κ1) is 12.3. The minimum absolute atomic E-state index is 0.788. The zero-order valence-corrected chi connectivity index (χ0v) is 9.17. The monoisotopic (exact) mass is 189 g/mol. The molecular weight excluding hydrogens is 166 g/mol. The fraction of sp³-hybridized carbons (Fsp3) is 1.00. The van der Waals surface area contributed by atoms with Crippen molar-refractivity contribution < 1.29 is 0 Å². The van der Waals surface area contributed by atoms with Gasteiger partial charge >= 0.3 is 0 Å². The molecule has 0 aliphatic rings. The average molecular weight is 189 g/mol. The lowest BCUT2D eigenvalue weighted by atomic mass is 10.1. The summed E-state index contributed by atoms with van der Waals surface area (Å²) >= 11 is 1.85. The molecule has 0 rings (SSSR count). The van der Waals surface area contributed by atoms with Crippen LogP contribution < -0.4 is 5.73 Å². The van der Waals surface area contributed by atoms with E-state index in [1.165, 1.54) is 50.7 Å². The standard InChI is InChI=1S/C10H23NS/c1-2-3-4-5-6-7-8-9-12-10-11/h2-11H2,1H3. The van der Waals surface area contributed by atoms with Crippen molar-refractivity contribution in [2.75, 3.05) is 11.6 Å². The van der Waals surface area contributed by atoms with E-state index in [1.54, 1.807) is 0 Å². The van der Waals surface area contributed by atoms with Gasteiger partial charge in [0.05, 0.1) is 0 Å². The van der Waals surface area contributed by atoms with Crippen molar-refractivity contribution in [1.82, 2.24) is 0 Å². The summed E-state index contributed by atoms with van der Waals surface area (Å²) < 4.78 is 0. The first-order valence-electron chi connectivity index (χ1n) is 5.19. The van der Waals surface area contributed by atoms with Crippen LogP contribution in [0.5, 0.6) is 0 Å². The molecule has 0 radical (unpaired) electrons. The molecule has 12 heavy (non-hydrogen) atoms. The van der Waals surface area contributed by atoms with Gasteiger partial charge in [-0.25, -0.2) is 0 Å². The Morgan fingerprint density at radius 1 is 0.917 bits per heavy atom. The van der Waals surface area contributed by atoms with E-state index in [0.717, 1.165) is 5.88 Å². The van der Waals surface area contributed by atoms with Gasteiger partial charge in [-0.1, -0.05) is 45.4 Å². The maximum absolute atomic E-state index is 5.37. The lowest BCUT2D eigenvalue weighted by Crippen LogP contribution is -1.93. The first-order valence-corrected chi connectivity index (χ1v) is 6.35. The molecule has 0 unspecified atom stereocenters. The minimum Gasteiger partial charge on any atom is -0.322 e. The van der Waals surface area contributed by atoms with Crippen molar-refractivity contribution in [1.29, 1.82) is 0 Å². The Hall–Kier alpha value is 0.310. The molecule has 1 nitrogen and oxygen atoms in total. The summed E-state index contributed by atoms with van der Waals surface area (Å²) in [6, 6.07) is 0. The van der Waals surface area contributed by atoms with Crippen LogP contribution in [-0.4, -0.2) is 11.6 Å². The Labute approximate surface area is 81.5 Å². The molecule has 0 spiro atoms. The summed E-state index contributed by atoms with van der Waals surface area (Å²) in [6.45, 7) is 2.26. The zero-order valence-electron chi connectivity index (χ0n) is 8.35. The van der Waals surface area contributed by atoms with Crippen molar-refractivity contribution >= 4 is 11.8 Å². The molecule has 0 aliphatic heterocycles. The van der Waals surface area contributed by atoms with Gasteiger partial charge in [0.25, 0.3) is 0 Å². The van der Waals surface area contributed by atoms with Crippen LogP contribution in [0.2, 0.25) is 0 Å². The largest absolute Gasteiger partial charge is 0.322 e. The molecular formula is C10H23NS. The molecule has 0 atom stereocenters. The predicted octanol–water partition coefficient (Wildman–Crippen LogP) is 3.39. The van der Waals surface area contributed by atoms with Gasteiger partial charge in [-0.15, -0.1) is 11.8 Å². The Morgan fingerprint density at radius 3 is 2.08 bits per heavy atom. The normalized spacial score (nSPS) is 10.5. The average Bonchev–Trinajstić information content (AvgIpc) is 2.10. The van der Waals surface area contributed by atoms with Crippen LogP contribution in [-0.2, 0) is 0 Å². The number of rotatable bonds is 9. The summed E-state index contributed by atoms with van der Waals surface area (Å²) in [6.07, 6.45) is 9.80. The van der Waals surface area contributed by atoms with Gasteiger partial charge in [-0.3, -0.25) is 0 Å². The van der Waals surface area contributed by atoms with Gasteiger partial charge in [0.15, 0.2) is 0 Å². The summed E-state index contributed by atoms with van der Waals surface area (Å²) in [5.41, 5.74) is 5.37. The molecule has 0 aliphatic carbocycles. The van der Waals surface area contributed by atoms with Gasteiger partial charge in [0, 0.05) is 5.88 Å². The molecule has 0 amide bonds. The second-order valence-corrected chi connectivity index (χ2v) is 4.35. The van der Waals surface area contributed by atoms with Crippen LogP contribution in [0.3, 0.4) is 0 Å². The van der Waals surface area contributed by atoms with Gasteiger partial charge < -0.3 is 5.73 Å². The van der Waals surface area contributed by atoms with Crippen LogP contribution in [0.1, 0.15) is 51.9 Å². The second kappa shape index (κ2) is 11.3. The van der Waals surface area contributed by atoms with E-state index in [9.17, 15) is 0 Å². The second-order valence-electron chi connectivity index (χ2n) is 3.20. The third-order valence-corrected chi connectivity index (χ3v) is 2.82. The molecule has 0 fully saturated rings. The Kier molecular flexibility index (Phi) is 11.6. The smallest absolute Gasteiger partial charge is 0.0392 e. The highest BCUT2D eigenvalue weighted by atomic mass is 32.2. The fourth-order valence-corrected chi connectivity index (χ4v) is 1.82. The molecule has 0 aromatic rings. The van der Waals surface area contributed by atoms with Gasteiger partial charge in [-0.2, -0.15) is 0 Å². The van der Waals surface area contributed by atoms with Crippen molar-refractivity contribution in [3.63, 3.8) is 0 Å². The summed E-state index contributed by atoms with van der Waals surface area (Å²) in [4.78, 5) is 0. The van der Waals surface area contributed by atoms with Crippen molar-refractivity contribution in [2.24, 2.45) is 5.73 Å². The van der Waals surface area contributed by atoms with E-state index in [4.69, 9.17) is 5.73 Å². The lowest BCUT2D eigenvalue weighted by molar-refractivity contribution is 0.603. The molecule has 2 heteroatoms. The molecule has 2 N–H and O–H groups in total. The summed E-state index contributed by atoms with van der Waals surface area (Å²) in [7, 11) is 0. The Bertz CT molecular complexity index is 66.2. The number of unbranched alkanes of at least 4 members (excludes halogenated alkanes) is 6. The lowest BCUT2D eigenvalue weighted by Gasteiger charge is -1.99. The van der Waals surface area contributed by atoms with Crippen molar-refractivity contribution in [3.05, 3.63) is 0 Å². The third kappa shape index (κ3) is 10.3. The van der Waals surface area contributed by atoms with E-state index in [1.807, 2.05) is 11.8 Å². The molecule has 0 saturated heterocycles. The van der Waals surface area contributed by atoms with Crippen molar-refractivity contribution in [3.8, 4) is 0 Å². The summed E-state index contributed by atoms with van der Waals surface area (Å²) in [5, 5.41) is 0. The summed E-state index contributed by atoms with van der Waals surface area (Å²) in [5.74, 6) is 2.04. The molecule has 0 aromatic carbocycles. The zero-order chi connectivity index (χ0) is 9.07. The first-order chi connectivity index (χ1) is 5.91. The third-order valence-electron chi connectivity index (χ3n) is 2.01. The topological polar surface area (TPSA) is 26.0 Å². The van der Waals surface area contributed by atoms with Crippen LogP contribution in [0.15, 0.2) is 0 Å². The van der Waals surface area contributed by atoms with Crippen LogP contribution >= 0.6 is 11.8 Å². The van der Waals surface area contributed by atoms with E-state index >= 15 is 0 Å². The number of hydrogen-bond acceptors (Lipinski definition) is 2. The van der Waals surface area contributed by atoms with Crippen LogP contribution in [0.25, 0.3) is 0 Å². The van der Waals surface area contributed by atoms with Gasteiger partial charge in [0.1, 0.15) is 0 Å². The quantitative estimate of drug-likeness (QED) is 0.444. The number of thioether (sulfide) groups is 1. The highest BCUT2D eigenvalue weighted by Crippen LogP contribution is 2.09. The minimum atomic E-state index is 0.788. The number of hydrogen-bond donors (Lipinski definition) is 1. The van der Waals surface area contributed by atoms with Crippen LogP contribution in [0, 0.1) is 0 Å². The maximum atomic E-state index is 5.37. The van der Waals surface area contributed by atoms with E-state index in [-0.39, 0.29) is 0 Å². The highest BCUT2D eigenvalue weighted by molar-refractivity contribution is 7.99. The fourth-order valence-electron chi connectivity index (χ4n) is 1.24. The number of nitrogens with two attached hydrogens (primary N) is 1. The van der Waals surface area contributed by atoms with Crippen molar-refractivity contribution in [2.45, 2.75) is 51.9 Å². The van der Waals surface area contributed by atoms with E-state index < -0.39 is 0 Å². The molecule has 74 valence electrons. The van der Waals surface area contributed by atoms with E-state index in [2.05, 4.69) is 6.92 Å². The van der Waals surface area contributed by atoms with Gasteiger partial charge in [-0.05, 0) is 12.2 Å². The molecule has 0 heterocycles. The molecule has 0 bridgehead atoms. The Morgan fingerprint density at radius 2 is 1.50 bits per heavy atom. The molecule has 0 saturated carbocycles. The van der Waals surface area contributed by atoms with Gasteiger partial charge in [0.2, 0.25) is 0 Å². The van der Waals surface area contributed by atoms with E-state index in [0.29, 0.717) is 0 Å². The predicted molar refractivity (Wildman–Crippen MR) is 59.5 cm³/mol. The van der Waals surface area contributed by atoms with Crippen LogP contribution in [0.4, 0.5) is 0 Å². The highest BCUT2D eigenvalue weighted by Gasteiger charge is 1.90. The molecule has 0 aromatic heterocycles. The maximum Gasteiger partial charge on any atom is 0.0392 e. The Balaban J connectivity index is 2.73. The SMILES string of the molecule is CCCCCCCCCSCN.